The van der Waals surface area contributed by atoms with Crippen LogP contribution in [0.2, 0.25) is 5.02 Å². The van der Waals surface area contributed by atoms with Gasteiger partial charge in [-0.25, -0.2) is 0 Å². The molecule has 1 aromatic carbocycles. The molecule has 0 aromatic heterocycles. The van der Waals surface area contributed by atoms with Crippen molar-refractivity contribution < 1.29 is 14.3 Å². The van der Waals surface area contributed by atoms with E-state index in [9.17, 15) is 4.79 Å². The van der Waals surface area contributed by atoms with Crippen LogP contribution in [0, 0.1) is 5.92 Å². The number of benzene rings is 1. The standard InChI is InChI=1S/C16H22ClNO3/c1-2-20-16(19)13-5-4-8-18(12-13)9-10-21-15-7-3-6-14(17)11-15/h3,6-7,11,13H,2,4-5,8-10,12H2,1H3/t13-/m0/s1. The molecule has 0 spiro atoms. The average Bonchev–Trinajstić information content (AvgIpc) is 2.48. The van der Waals surface area contributed by atoms with Gasteiger partial charge in [-0.15, -0.1) is 0 Å². The molecule has 5 heteroatoms. The first-order valence-corrected chi connectivity index (χ1v) is 7.84. The van der Waals surface area contributed by atoms with Crippen LogP contribution in [0.15, 0.2) is 24.3 Å². The van der Waals surface area contributed by atoms with E-state index in [1.54, 1.807) is 6.07 Å². The highest BCUT2D eigenvalue weighted by atomic mass is 35.5. The van der Waals surface area contributed by atoms with E-state index in [0.717, 1.165) is 38.2 Å². The Morgan fingerprint density at radius 1 is 1.48 bits per heavy atom. The summed E-state index contributed by atoms with van der Waals surface area (Å²) in [6, 6.07) is 7.39. The molecular weight excluding hydrogens is 290 g/mol. The maximum Gasteiger partial charge on any atom is 0.310 e. The van der Waals surface area contributed by atoms with Gasteiger partial charge in [0, 0.05) is 18.1 Å². The number of carbonyl (C=O) groups is 1. The Morgan fingerprint density at radius 2 is 2.33 bits per heavy atom. The predicted octanol–water partition coefficient (Wildman–Crippen LogP) is 2.99. The minimum Gasteiger partial charge on any atom is -0.492 e. The molecule has 1 atom stereocenters. The highest BCUT2D eigenvalue weighted by molar-refractivity contribution is 6.30. The smallest absolute Gasteiger partial charge is 0.310 e. The number of esters is 1. The molecule has 0 unspecified atom stereocenters. The van der Waals surface area contributed by atoms with E-state index in [0.29, 0.717) is 18.2 Å². The molecule has 1 saturated heterocycles. The Kier molecular flexibility index (Phi) is 6.33. The molecule has 2 rings (SSSR count). The van der Waals surface area contributed by atoms with Crippen molar-refractivity contribution in [1.82, 2.24) is 4.90 Å². The fourth-order valence-electron chi connectivity index (χ4n) is 2.56. The van der Waals surface area contributed by atoms with Gasteiger partial charge < -0.3 is 9.47 Å². The zero-order valence-electron chi connectivity index (χ0n) is 12.4. The molecule has 116 valence electrons. The number of rotatable bonds is 6. The third kappa shape index (κ3) is 5.21. The summed E-state index contributed by atoms with van der Waals surface area (Å²) in [5, 5.41) is 0.674. The normalized spacial score (nSPS) is 19.2. The van der Waals surface area contributed by atoms with Crippen LogP contribution in [0.25, 0.3) is 0 Å². The zero-order chi connectivity index (χ0) is 15.1. The number of carbonyl (C=O) groups excluding carboxylic acids is 1. The summed E-state index contributed by atoms with van der Waals surface area (Å²) in [7, 11) is 0. The largest absolute Gasteiger partial charge is 0.492 e. The highest BCUT2D eigenvalue weighted by Gasteiger charge is 2.26. The van der Waals surface area contributed by atoms with Crippen LogP contribution in [0.4, 0.5) is 0 Å². The Hall–Kier alpha value is -1.26. The van der Waals surface area contributed by atoms with Crippen molar-refractivity contribution in [3.8, 4) is 5.75 Å². The quantitative estimate of drug-likeness (QED) is 0.757. The summed E-state index contributed by atoms with van der Waals surface area (Å²) in [4.78, 5) is 14.0. The van der Waals surface area contributed by atoms with Crippen LogP contribution in [0.5, 0.6) is 5.75 Å². The molecule has 1 heterocycles. The van der Waals surface area contributed by atoms with Crippen molar-refractivity contribution in [2.75, 3.05) is 32.8 Å². The zero-order valence-corrected chi connectivity index (χ0v) is 13.1. The van der Waals surface area contributed by atoms with Gasteiger partial charge in [0.15, 0.2) is 0 Å². The molecule has 0 N–H and O–H groups in total. The Bertz CT molecular complexity index is 467. The number of halogens is 1. The molecule has 1 aromatic rings. The molecule has 1 fully saturated rings. The number of ether oxygens (including phenoxy) is 2. The van der Waals surface area contributed by atoms with Gasteiger partial charge in [-0.05, 0) is 44.5 Å². The van der Waals surface area contributed by atoms with Crippen LogP contribution in [-0.2, 0) is 9.53 Å². The summed E-state index contributed by atoms with van der Waals surface area (Å²) >= 11 is 5.91. The SMILES string of the molecule is CCOC(=O)[C@H]1CCCN(CCOc2cccc(Cl)c2)C1. The lowest BCUT2D eigenvalue weighted by atomic mass is 9.98. The lowest BCUT2D eigenvalue weighted by molar-refractivity contribution is -0.150. The highest BCUT2D eigenvalue weighted by Crippen LogP contribution is 2.19. The lowest BCUT2D eigenvalue weighted by Crippen LogP contribution is -2.41. The van der Waals surface area contributed by atoms with Crippen molar-refractivity contribution in [2.24, 2.45) is 5.92 Å². The van der Waals surface area contributed by atoms with E-state index < -0.39 is 0 Å². The second kappa shape index (κ2) is 8.25. The van der Waals surface area contributed by atoms with Crippen LogP contribution in [-0.4, -0.2) is 43.7 Å². The number of likely N-dealkylation sites (tertiary alicyclic amines) is 1. The Balaban J connectivity index is 1.74. The second-order valence-corrected chi connectivity index (χ2v) is 5.63. The molecule has 0 aliphatic carbocycles. The van der Waals surface area contributed by atoms with Crippen LogP contribution < -0.4 is 4.74 Å². The number of hydrogen-bond acceptors (Lipinski definition) is 4. The maximum absolute atomic E-state index is 11.8. The summed E-state index contributed by atoms with van der Waals surface area (Å²) in [6.45, 7) is 5.47. The van der Waals surface area contributed by atoms with Gasteiger partial charge >= 0.3 is 5.97 Å². The van der Waals surface area contributed by atoms with Crippen molar-refractivity contribution >= 4 is 17.6 Å². The first kappa shape index (κ1) is 16.1. The van der Waals surface area contributed by atoms with Gasteiger partial charge in [0.05, 0.1) is 12.5 Å². The molecule has 4 nitrogen and oxygen atoms in total. The molecule has 1 aliphatic heterocycles. The van der Waals surface area contributed by atoms with E-state index in [1.807, 2.05) is 25.1 Å². The van der Waals surface area contributed by atoms with Crippen LogP contribution >= 0.6 is 11.6 Å². The van der Waals surface area contributed by atoms with Gasteiger partial charge in [0.25, 0.3) is 0 Å². The van der Waals surface area contributed by atoms with Crippen LogP contribution in [0.1, 0.15) is 19.8 Å². The molecule has 0 saturated carbocycles. The van der Waals surface area contributed by atoms with E-state index in [2.05, 4.69) is 4.90 Å². The number of piperidine rings is 1. The van der Waals surface area contributed by atoms with E-state index in [1.165, 1.54) is 0 Å². The molecule has 0 bridgehead atoms. The Labute approximate surface area is 131 Å². The summed E-state index contributed by atoms with van der Waals surface area (Å²) in [5.74, 6) is 0.712. The first-order chi connectivity index (χ1) is 10.2. The molecule has 0 amide bonds. The monoisotopic (exact) mass is 311 g/mol. The minimum atomic E-state index is -0.0713. The number of hydrogen-bond donors (Lipinski definition) is 0. The molecule has 21 heavy (non-hydrogen) atoms. The van der Waals surface area contributed by atoms with Crippen molar-refractivity contribution in [3.05, 3.63) is 29.3 Å². The lowest BCUT2D eigenvalue weighted by Gasteiger charge is -2.31. The third-order valence-corrected chi connectivity index (χ3v) is 3.83. The van der Waals surface area contributed by atoms with Crippen molar-refractivity contribution in [3.63, 3.8) is 0 Å². The van der Waals surface area contributed by atoms with Gasteiger partial charge in [-0.3, -0.25) is 9.69 Å². The van der Waals surface area contributed by atoms with Gasteiger partial charge in [0.1, 0.15) is 12.4 Å². The molecular formula is C16H22ClNO3. The minimum absolute atomic E-state index is 0.00451. The van der Waals surface area contributed by atoms with Gasteiger partial charge in [0.2, 0.25) is 0 Å². The van der Waals surface area contributed by atoms with Gasteiger partial charge in [-0.2, -0.15) is 0 Å². The predicted molar refractivity (Wildman–Crippen MR) is 82.7 cm³/mol. The summed E-state index contributed by atoms with van der Waals surface area (Å²) in [5.41, 5.74) is 0. The van der Waals surface area contributed by atoms with Crippen molar-refractivity contribution in [1.29, 1.82) is 0 Å². The second-order valence-electron chi connectivity index (χ2n) is 5.20. The van der Waals surface area contributed by atoms with Gasteiger partial charge in [-0.1, -0.05) is 17.7 Å². The summed E-state index contributed by atoms with van der Waals surface area (Å²) in [6.07, 6.45) is 1.95. The van der Waals surface area contributed by atoms with E-state index in [-0.39, 0.29) is 11.9 Å². The third-order valence-electron chi connectivity index (χ3n) is 3.60. The first-order valence-electron chi connectivity index (χ1n) is 7.46. The maximum atomic E-state index is 11.8. The van der Waals surface area contributed by atoms with Crippen LogP contribution in [0.3, 0.4) is 0 Å². The number of nitrogens with zero attached hydrogens (tertiary/aromatic N) is 1. The van der Waals surface area contributed by atoms with E-state index >= 15 is 0 Å². The Morgan fingerprint density at radius 3 is 3.10 bits per heavy atom. The van der Waals surface area contributed by atoms with E-state index in [4.69, 9.17) is 21.1 Å². The fraction of sp³-hybridized carbons (Fsp3) is 0.562. The average molecular weight is 312 g/mol. The molecule has 1 aliphatic rings. The van der Waals surface area contributed by atoms with Crippen molar-refractivity contribution in [2.45, 2.75) is 19.8 Å². The molecule has 0 radical (unpaired) electrons. The topological polar surface area (TPSA) is 38.8 Å². The fourth-order valence-corrected chi connectivity index (χ4v) is 2.74. The summed E-state index contributed by atoms with van der Waals surface area (Å²) < 4.78 is 10.8.